The van der Waals surface area contributed by atoms with Crippen molar-refractivity contribution in [2.75, 3.05) is 0 Å². The summed E-state index contributed by atoms with van der Waals surface area (Å²) in [5.74, 6) is -1.64. The highest BCUT2D eigenvalue weighted by Crippen LogP contribution is 2.29. The molecule has 16 heavy (non-hydrogen) atoms. The number of carboxylic acid groups (broad SMARTS) is 1. The molecular formula is C10H6ClFN2O2. The van der Waals surface area contributed by atoms with Crippen molar-refractivity contribution in [3.63, 3.8) is 0 Å². The molecule has 0 saturated heterocycles. The van der Waals surface area contributed by atoms with Crippen LogP contribution in [0.15, 0.2) is 24.4 Å². The monoisotopic (exact) mass is 240 g/mol. The number of H-pyrrole nitrogens is 1. The van der Waals surface area contributed by atoms with E-state index in [0.717, 1.165) is 12.3 Å². The highest BCUT2D eigenvalue weighted by molar-refractivity contribution is 6.33. The number of halogens is 2. The number of hydrogen-bond donors (Lipinski definition) is 2. The van der Waals surface area contributed by atoms with Gasteiger partial charge in [0, 0.05) is 5.56 Å². The Hall–Kier alpha value is -1.88. The third kappa shape index (κ3) is 1.77. The lowest BCUT2D eigenvalue weighted by molar-refractivity contribution is 0.0698. The lowest BCUT2D eigenvalue weighted by atomic mass is 10.1. The van der Waals surface area contributed by atoms with Crippen molar-refractivity contribution in [1.29, 1.82) is 0 Å². The zero-order valence-corrected chi connectivity index (χ0v) is 8.62. The Labute approximate surface area is 94.7 Å². The minimum absolute atomic E-state index is 0.0486. The van der Waals surface area contributed by atoms with Gasteiger partial charge in [-0.05, 0) is 18.2 Å². The van der Waals surface area contributed by atoms with Gasteiger partial charge in [0.25, 0.3) is 0 Å². The summed E-state index contributed by atoms with van der Waals surface area (Å²) in [6, 6.07) is 3.71. The first-order valence-electron chi connectivity index (χ1n) is 4.31. The number of benzene rings is 1. The Bertz CT molecular complexity index is 554. The second-order valence-electron chi connectivity index (χ2n) is 3.09. The summed E-state index contributed by atoms with van der Waals surface area (Å²) in [7, 11) is 0. The minimum Gasteiger partial charge on any atom is -0.478 e. The van der Waals surface area contributed by atoms with Gasteiger partial charge < -0.3 is 5.11 Å². The molecule has 6 heteroatoms. The molecule has 0 atom stereocenters. The molecule has 0 aliphatic carbocycles. The highest BCUT2D eigenvalue weighted by atomic mass is 35.5. The van der Waals surface area contributed by atoms with Crippen molar-refractivity contribution in [3.8, 4) is 11.3 Å². The lowest BCUT2D eigenvalue weighted by Crippen LogP contribution is -1.97. The molecule has 2 rings (SSSR count). The molecule has 1 aromatic heterocycles. The normalized spacial score (nSPS) is 10.4. The quantitative estimate of drug-likeness (QED) is 0.848. The van der Waals surface area contributed by atoms with Crippen LogP contribution in [0.3, 0.4) is 0 Å². The molecule has 1 aromatic carbocycles. The van der Waals surface area contributed by atoms with Gasteiger partial charge in [0.1, 0.15) is 11.4 Å². The number of hydrogen-bond acceptors (Lipinski definition) is 2. The van der Waals surface area contributed by atoms with Crippen LogP contribution in [0.5, 0.6) is 0 Å². The average Bonchev–Trinajstić information content (AvgIpc) is 2.70. The number of rotatable bonds is 2. The number of nitrogens with zero attached hydrogens (tertiary/aromatic N) is 1. The van der Waals surface area contributed by atoms with Crippen molar-refractivity contribution in [2.24, 2.45) is 0 Å². The fraction of sp³-hybridized carbons (Fsp3) is 0. The van der Waals surface area contributed by atoms with E-state index < -0.39 is 11.8 Å². The number of nitrogens with one attached hydrogen (secondary N) is 1. The summed E-state index contributed by atoms with van der Waals surface area (Å²) in [5.41, 5.74) is 0.418. The standard InChI is InChI=1S/C10H6ClFN2O2/c11-8-2-1-5(12)3-6(8)9-7(10(15)16)4-13-14-9/h1-4H,(H,13,14)(H,15,16). The van der Waals surface area contributed by atoms with E-state index >= 15 is 0 Å². The van der Waals surface area contributed by atoms with Gasteiger partial charge in [0.15, 0.2) is 0 Å². The second kappa shape index (κ2) is 3.94. The summed E-state index contributed by atoms with van der Waals surface area (Å²) in [5, 5.41) is 15.2. The Morgan fingerprint density at radius 2 is 2.25 bits per heavy atom. The van der Waals surface area contributed by atoms with E-state index in [0.29, 0.717) is 0 Å². The van der Waals surface area contributed by atoms with Gasteiger partial charge in [0.2, 0.25) is 0 Å². The van der Waals surface area contributed by atoms with Crippen molar-refractivity contribution in [2.45, 2.75) is 0 Å². The largest absolute Gasteiger partial charge is 0.478 e. The highest BCUT2D eigenvalue weighted by Gasteiger charge is 2.16. The van der Waals surface area contributed by atoms with Gasteiger partial charge in [-0.1, -0.05) is 11.6 Å². The van der Waals surface area contributed by atoms with Crippen LogP contribution >= 0.6 is 11.6 Å². The first-order chi connectivity index (χ1) is 7.59. The maximum Gasteiger partial charge on any atom is 0.339 e. The fourth-order valence-corrected chi connectivity index (χ4v) is 1.55. The third-order valence-electron chi connectivity index (χ3n) is 2.07. The van der Waals surface area contributed by atoms with Crippen LogP contribution in [0, 0.1) is 5.82 Å². The van der Waals surface area contributed by atoms with Crippen LogP contribution in [0.1, 0.15) is 10.4 Å². The second-order valence-corrected chi connectivity index (χ2v) is 3.50. The van der Waals surface area contributed by atoms with Gasteiger partial charge >= 0.3 is 5.97 Å². The predicted octanol–water partition coefficient (Wildman–Crippen LogP) is 2.57. The molecule has 0 radical (unpaired) electrons. The molecule has 2 aromatic rings. The Morgan fingerprint density at radius 3 is 2.94 bits per heavy atom. The number of aromatic carboxylic acids is 1. The van der Waals surface area contributed by atoms with E-state index in [1.807, 2.05) is 0 Å². The van der Waals surface area contributed by atoms with E-state index in [4.69, 9.17) is 16.7 Å². The third-order valence-corrected chi connectivity index (χ3v) is 2.40. The molecule has 0 spiro atoms. The summed E-state index contributed by atoms with van der Waals surface area (Å²) in [4.78, 5) is 10.9. The first kappa shape index (κ1) is 10.6. The van der Waals surface area contributed by atoms with E-state index in [9.17, 15) is 9.18 Å². The van der Waals surface area contributed by atoms with Crippen molar-refractivity contribution in [1.82, 2.24) is 10.2 Å². The molecule has 0 bridgehead atoms. The average molecular weight is 241 g/mol. The van der Waals surface area contributed by atoms with Crippen LogP contribution in [0.4, 0.5) is 4.39 Å². The van der Waals surface area contributed by atoms with Gasteiger partial charge in [0.05, 0.1) is 16.9 Å². The molecular weight excluding hydrogens is 235 g/mol. The SMILES string of the molecule is O=C(O)c1cn[nH]c1-c1cc(F)ccc1Cl. The minimum atomic E-state index is -1.15. The lowest BCUT2D eigenvalue weighted by Gasteiger charge is -2.02. The summed E-state index contributed by atoms with van der Waals surface area (Å²) in [6.45, 7) is 0. The van der Waals surface area contributed by atoms with Gasteiger partial charge in [-0.25, -0.2) is 9.18 Å². The molecule has 0 aliphatic heterocycles. The van der Waals surface area contributed by atoms with Crippen LogP contribution in [0.25, 0.3) is 11.3 Å². The molecule has 0 amide bonds. The van der Waals surface area contributed by atoms with Crippen LogP contribution in [0.2, 0.25) is 5.02 Å². The van der Waals surface area contributed by atoms with E-state index in [1.165, 1.54) is 12.1 Å². The zero-order valence-electron chi connectivity index (χ0n) is 7.87. The Morgan fingerprint density at radius 1 is 1.50 bits per heavy atom. The maximum atomic E-state index is 13.0. The fourth-order valence-electron chi connectivity index (χ4n) is 1.34. The summed E-state index contributed by atoms with van der Waals surface area (Å²) < 4.78 is 13.0. The van der Waals surface area contributed by atoms with Crippen molar-refractivity contribution in [3.05, 3.63) is 40.8 Å². The molecule has 0 unspecified atom stereocenters. The van der Waals surface area contributed by atoms with E-state index in [-0.39, 0.29) is 21.8 Å². The smallest absolute Gasteiger partial charge is 0.339 e. The molecule has 82 valence electrons. The van der Waals surface area contributed by atoms with Gasteiger partial charge in [-0.3, -0.25) is 5.10 Å². The van der Waals surface area contributed by atoms with Gasteiger partial charge in [-0.15, -0.1) is 0 Å². The molecule has 0 aliphatic rings. The topological polar surface area (TPSA) is 66.0 Å². The Balaban J connectivity index is 2.62. The van der Waals surface area contributed by atoms with Crippen LogP contribution in [-0.4, -0.2) is 21.3 Å². The van der Waals surface area contributed by atoms with Crippen LogP contribution in [-0.2, 0) is 0 Å². The maximum absolute atomic E-state index is 13.0. The number of carboxylic acids is 1. The molecule has 0 fully saturated rings. The summed E-state index contributed by atoms with van der Waals surface area (Å²) >= 11 is 5.86. The molecule has 1 heterocycles. The van der Waals surface area contributed by atoms with Crippen LogP contribution < -0.4 is 0 Å². The number of carbonyl (C=O) groups is 1. The Kier molecular flexibility index (Phi) is 2.62. The molecule has 4 nitrogen and oxygen atoms in total. The predicted molar refractivity (Wildman–Crippen MR) is 56.0 cm³/mol. The van der Waals surface area contributed by atoms with Gasteiger partial charge in [-0.2, -0.15) is 5.10 Å². The van der Waals surface area contributed by atoms with Crippen molar-refractivity contribution < 1.29 is 14.3 Å². The molecule has 2 N–H and O–H groups in total. The van der Waals surface area contributed by atoms with E-state index in [2.05, 4.69) is 10.2 Å². The zero-order chi connectivity index (χ0) is 11.7. The molecule has 0 saturated carbocycles. The van der Waals surface area contributed by atoms with Crippen molar-refractivity contribution >= 4 is 17.6 Å². The van der Waals surface area contributed by atoms with E-state index in [1.54, 1.807) is 0 Å². The first-order valence-corrected chi connectivity index (χ1v) is 4.69. The number of aromatic amines is 1. The summed E-state index contributed by atoms with van der Waals surface area (Å²) in [6.07, 6.45) is 1.15. The number of aromatic nitrogens is 2.